The molecule has 2 rings (SSSR count). The van der Waals surface area contributed by atoms with Crippen LogP contribution < -0.4 is 5.30 Å². The van der Waals surface area contributed by atoms with Crippen LogP contribution in [-0.2, 0) is 18.7 Å². The van der Waals surface area contributed by atoms with Gasteiger partial charge in [-0.3, -0.25) is 14.7 Å². The van der Waals surface area contributed by atoms with Crippen LogP contribution in [-0.4, -0.2) is 13.3 Å². The zero-order chi connectivity index (χ0) is 15.5. The molecule has 0 saturated carbocycles. The number of nitro benzene ring substituents is 1. The zero-order valence-corrected chi connectivity index (χ0v) is 12.2. The van der Waals surface area contributed by atoms with E-state index in [4.69, 9.17) is 0 Å². The molecule has 0 aliphatic heterocycles. The molecule has 0 spiro atoms. The molecule has 21 heavy (non-hydrogen) atoms. The maximum absolute atomic E-state index is 12.0. The molecular weight excluding hydrogens is 317 g/mol. The van der Waals surface area contributed by atoms with Crippen molar-refractivity contribution in [3.63, 3.8) is 0 Å². The Morgan fingerprint density at radius 3 is 2.48 bits per heavy atom. The smallest absolute Gasteiger partial charge is 0.290 e. The van der Waals surface area contributed by atoms with E-state index in [9.17, 15) is 23.1 Å². The molecule has 1 radical (unpaired) electrons. The third-order valence-corrected chi connectivity index (χ3v) is 5.62. The predicted octanol–water partition coefficient (Wildman–Crippen LogP) is 1.90. The molecule has 0 N–H and O–H groups in total. The molecule has 0 aliphatic carbocycles. The van der Waals surface area contributed by atoms with E-state index in [0.717, 1.165) is 12.1 Å². The first-order valence-corrected chi connectivity index (χ1v) is 8.32. The van der Waals surface area contributed by atoms with Gasteiger partial charge in [-0.15, -0.1) is 0 Å². The minimum Gasteiger partial charge on any atom is -0.290 e. The van der Waals surface area contributed by atoms with Crippen molar-refractivity contribution in [2.45, 2.75) is 4.90 Å². The van der Waals surface area contributed by atoms with Crippen molar-refractivity contribution >= 4 is 29.1 Å². The predicted molar refractivity (Wildman–Crippen MR) is 75.3 cm³/mol. The van der Waals surface area contributed by atoms with Crippen molar-refractivity contribution in [2.24, 2.45) is 0 Å². The van der Waals surface area contributed by atoms with Gasteiger partial charge < -0.3 is 0 Å². The fourth-order valence-corrected chi connectivity index (χ4v) is 4.14. The topological polar surface area (TPSA) is 104 Å². The summed E-state index contributed by atoms with van der Waals surface area (Å²) in [6, 6.07) is 13.2. The Morgan fingerprint density at radius 1 is 1.19 bits per heavy atom. The van der Waals surface area contributed by atoms with Gasteiger partial charge in [-0.05, 0) is 30.3 Å². The van der Waals surface area contributed by atoms with E-state index in [1.54, 1.807) is 18.2 Å². The van der Waals surface area contributed by atoms with E-state index in [2.05, 4.69) is 10.0 Å². The fraction of sp³-hybridized carbons (Fsp3) is 0. The van der Waals surface area contributed by atoms with Gasteiger partial charge in [-0.1, -0.05) is 18.2 Å². The second-order valence-corrected chi connectivity index (χ2v) is 7.01. The second kappa shape index (κ2) is 6.17. The highest BCUT2D eigenvalue weighted by Crippen LogP contribution is 2.32. The van der Waals surface area contributed by atoms with E-state index >= 15 is 0 Å². The first kappa shape index (κ1) is 15.4. The van der Waals surface area contributed by atoms with E-state index in [0.29, 0.717) is 0 Å². The summed E-state index contributed by atoms with van der Waals surface area (Å²) >= 11 is 0. The van der Waals surface area contributed by atoms with E-state index in [-0.39, 0.29) is 5.30 Å². The summed E-state index contributed by atoms with van der Waals surface area (Å²) in [4.78, 5) is 9.29. The second-order valence-electron chi connectivity index (χ2n) is 3.84. The number of nitrogens with zero attached hydrogens (tertiary/aromatic N) is 1. The van der Waals surface area contributed by atoms with Crippen molar-refractivity contribution in [3.05, 3.63) is 64.7 Å². The van der Waals surface area contributed by atoms with Crippen molar-refractivity contribution in [3.8, 4) is 0 Å². The van der Waals surface area contributed by atoms with Crippen molar-refractivity contribution in [1.29, 1.82) is 0 Å². The molecule has 0 amide bonds. The van der Waals surface area contributed by atoms with Gasteiger partial charge in [0.25, 0.3) is 5.69 Å². The zero-order valence-electron chi connectivity index (χ0n) is 10.4. The van der Waals surface area contributed by atoms with Crippen LogP contribution >= 0.6 is 8.03 Å². The van der Waals surface area contributed by atoms with Gasteiger partial charge in [0.1, 0.15) is 0 Å². The van der Waals surface area contributed by atoms with Gasteiger partial charge in [-0.2, -0.15) is 8.42 Å². The maximum Gasteiger partial charge on any atom is 0.309 e. The molecule has 0 fully saturated rings. The minimum atomic E-state index is -4.52. The highest BCUT2D eigenvalue weighted by Gasteiger charge is 2.28. The molecule has 2 aromatic rings. The Hall–Kier alpha value is -2.02. The first-order valence-electron chi connectivity index (χ1n) is 5.60. The Labute approximate surface area is 121 Å². The molecule has 0 saturated heterocycles. The summed E-state index contributed by atoms with van der Waals surface area (Å²) in [5.74, 6) is 0. The summed E-state index contributed by atoms with van der Waals surface area (Å²) in [7, 11) is -7.61. The average Bonchev–Trinajstić information content (AvgIpc) is 2.47. The van der Waals surface area contributed by atoms with Crippen LogP contribution in [0.5, 0.6) is 0 Å². The molecule has 1 atom stereocenters. The third kappa shape index (κ3) is 3.55. The maximum atomic E-state index is 12.0. The first-order chi connectivity index (χ1) is 9.92. The van der Waals surface area contributed by atoms with Crippen LogP contribution in [0.15, 0.2) is 53.4 Å². The summed E-state index contributed by atoms with van der Waals surface area (Å²) in [5, 5.41) is 11.0. The van der Waals surface area contributed by atoms with E-state index in [1.165, 1.54) is 18.2 Å². The van der Waals surface area contributed by atoms with Crippen LogP contribution in [0, 0.1) is 16.2 Å². The molecule has 0 bridgehead atoms. The standard InChI is InChI=1S/C12H9NO6PS/c14-13(15)11-8-4-5-9-12(11)21(17,18)19-20(16)10-6-2-1-3-7-10/h1-4,6-9,20H. The van der Waals surface area contributed by atoms with Crippen LogP contribution in [0.4, 0.5) is 5.69 Å². The SMILES string of the molecule is O=[N+]([O-])c1cc[c]cc1S(=O)(=O)O[PH](=O)c1ccccc1. The highest BCUT2D eigenvalue weighted by molar-refractivity contribution is 7.90. The fourth-order valence-electron chi connectivity index (χ4n) is 1.52. The van der Waals surface area contributed by atoms with Crippen LogP contribution in [0.2, 0.25) is 0 Å². The molecule has 1 unspecified atom stereocenters. The molecule has 2 aromatic carbocycles. The summed E-state index contributed by atoms with van der Waals surface area (Å²) in [5.41, 5.74) is -0.656. The quantitative estimate of drug-likeness (QED) is 0.472. The lowest BCUT2D eigenvalue weighted by Gasteiger charge is -2.06. The van der Waals surface area contributed by atoms with E-state index < -0.39 is 33.7 Å². The summed E-state index contributed by atoms with van der Waals surface area (Å²) in [6.45, 7) is 0. The normalized spacial score (nSPS) is 12.8. The molecule has 0 aliphatic rings. The summed E-state index contributed by atoms with van der Waals surface area (Å²) < 4.78 is 40.6. The van der Waals surface area contributed by atoms with Gasteiger partial charge >= 0.3 is 10.1 Å². The van der Waals surface area contributed by atoms with Crippen molar-refractivity contribution < 1.29 is 21.9 Å². The monoisotopic (exact) mass is 326 g/mol. The number of nitro groups is 1. The Morgan fingerprint density at radius 2 is 1.86 bits per heavy atom. The molecule has 0 heterocycles. The lowest BCUT2D eigenvalue weighted by atomic mass is 10.3. The lowest BCUT2D eigenvalue weighted by molar-refractivity contribution is -0.387. The van der Waals surface area contributed by atoms with E-state index in [1.807, 2.05) is 0 Å². The number of hydrogen-bond acceptors (Lipinski definition) is 6. The Kier molecular flexibility index (Phi) is 4.52. The molecule has 9 heteroatoms. The van der Waals surface area contributed by atoms with Crippen LogP contribution in [0.1, 0.15) is 0 Å². The largest absolute Gasteiger partial charge is 0.309 e. The van der Waals surface area contributed by atoms with Gasteiger partial charge in [0.05, 0.1) is 4.92 Å². The van der Waals surface area contributed by atoms with Gasteiger partial charge in [0.2, 0.25) is 8.03 Å². The van der Waals surface area contributed by atoms with Crippen LogP contribution in [0.25, 0.3) is 0 Å². The number of rotatable bonds is 5. The van der Waals surface area contributed by atoms with Crippen LogP contribution in [0.3, 0.4) is 0 Å². The molecule has 109 valence electrons. The van der Waals surface area contributed by atoms with Crippen molar-refractivity contribution in [1.82, 2.24) is 0 Å². The molecule has 0 aromatic heterocycles. The molecule has 7 nitrogen and oxygen atoms in total. The van der Waals surface area contributed by atoms with Gasteiger partial charge in [-0.25, -0.2) is 3.97 Å². The van der Waals surface area contributed by atoms with Gasteiger partial charge in [0, 0.05) is 11.4 Å². The minimum absolute atomic E-state index is 0.202. The molecular formula is C12H9NO6PS. The number of hydrogen-bond donors (Lipinski definition) is 0. The Bertz CT molecular complexity index is 790. The average molecular weight is 326 g/mol. The Balaban J connectivity index is 2.36. The van der Waals surface area contributed by atoms with Gasteiger partial charge in [0.15, 0.2) is 4.90 Å². The number of benzene rings is 2. The highest BCUT2D eigenvalue weighted by atomic mass is 32.2. The lowest BCUT2D eigenvalue weighted by Crippen LogP contribution is -2.08. The summed E-state index contributed by atoms with van der Waals surface area (Å²) in [6.07, 6.45) is 0. The third-order valence-electron chi connectivity index (χ3n) is 2.47. The van der Waals surface area contributed by atoms with Crippen molar-refractivity contribution in [2.75, 3.05) is 0 Å².